The van der Waals surface area contributed by atoms with E-state index < -0.39 is 29.7 Å². The largest absolute Gasteiger partial charge is 0.480 e. The Labute approximate surface area is 235 Å². The van der Waals surface area contributed by atoms with Crippen molar-refractivity contribution in [3.8, 4) is 11.1 Å². The normalized spacial score (nSPS) is 14.9. The predicted octanol–water partition coefficient (Wildman–Crippen LogP) is 6.57. The molecule has 1 fully saturated rings. The zero-order valence-electron chi connectivity index (χ0n) is 22.0. The molecule has 0 saturated carbocycles. The third-order valence-corrected chi connectivity index (χ3v) is 7.20. The SMILES string of the molecule is O=C(Nc1ccc(N2CCN(C(C(=O)O)c3ccccc3)CC2)cc1)c1cc(C(F)(F)F)ccc1-c1ccccc1. The summed E-state index contributed by atoms with van der Waals surface area (Å²) in [5.74, 6) is -1.53. The third-order valence-electron chi connectivity index (χ3n) is 7.20. The number of hydrogen-bond acceptors (Lipinski definition) is 4. The van der Waals surface area contributed by atoms with Gasteiger partial charge in [-0.05, 0) is 53.1 Å². The minimum absolute atomic E-state index is 0.0716. The van der Waals surface area contributed by atoms with E-state index in [2.05, 4.69) is 10.2 Å². The van der Waals surface area contributed by atoms with E-state index in [1.807, 2.05) is 47.4 Å². The lowest BCUT2D eigenvalue weighted by Gasteiger charge is -2.39. The number of aliphatic carboxylic acids is 1. The van der Waals surface area contributed by atoms with Crippen LogP contribution in [-0.2, 0) is 11.0 Å². The van der Waals surface area contributed by atoms with Crippen molar-refractivity contribution in [2.75, 3.05) is 36.4 Å². The first-order chi connectivity index (χ1) is 19.7. The van der Waals surface area contributed by atoms with E-state index in [1.54, 1.807) is 42.5 Å². The molecule has 1 aliphatic rings. The van der Waals surface area contributed by atoms with Crippen LogP contribution in [0.15, 0.2) is 103 Å². The van der Waals surface area contributed by atoms with Gasteiger partial charge in [-0.1, -0.05) is 66.7 Å². The van der Waals surface area contributed by atoms with E-state index in [0.717, 1.165) is 23.4 Å². The number of carbonyl (C=O) groups is 2. The summed E-state index contributed by atoms with van der Waals surface area (Å²) < 4.78 is 40.3. The molecule has 9 heteroatoms. The number of carbonyl (C=O) groups excluding carboxylic acids is 1. The molecule has 5 rings (SSSR count). The van der Waals surface area contributed by atoms with Gasteiger partial charge in [0, 0.05) is 43.1 Å². The molecule has 0 bridgehead atoms. The van der Waals surface area contributed by atoms with Gasteiger partial charge in [-0.2, -0.15) is 13.2 Å². The second-order valence-corrected chi connectivity index (χ2v) is 9.80. The summed E-state index contributed by atoms with van der Waals surface area (Å²) in [6.07, 6.45) is -4.58. The fourth-order valence-electron chi connectivity index (χ4n) is 5.12. The van der Waals surface area contributed by atoms with Crippen LogP contribution in [0.4, 0.5) is 24.5 Å². The van der Waals surface area contributed by atoms with Crippen molar-refractivity contribution in [2.45, 2.75) is 12.2 Å². The minimum atomic E-state index is -4.58. The van der Waals surface area contributed by atoms with Crippen molar-refractivity contribution in [3.63, 3.8) is 0 Å². The number of carboxylic acid groups (broad SMARTS) is 1. The van der Waals surface area contributed by atoms with Gasteiger partial charge < -0.3 is 15.3 Å². The van der Waals surface area contributed by atoms with Crippen molar-refractivity contribution in [3.05, 3.63) is 120 Å². The molecule has 1 unspecified atom stereocenters. The summed E-state index contributed by atoms with van der Waals surface area (Å²) in [5.41, 5.74) is 2.16. The fourth-order valence-corrected chi connectivity index (χ4v) is 5.12. The van der Waals surface area contributed by atoms with Gasteiger partial charge >= 0.3 is 12.1 Å². The topological polar surface area (TPSA) is 72.9 Å². The molecule has 4 aromatic carbocycles. The van der Waals surface area contributed by atoms with Gasteiger partial charge in [0.2, 0.25) is 0 Å². The minimum Gasteiger partial charge on any atom is -0.480 e. The Morgan fingerprint density at radius 1 is 0.780 bits per heavy atom. The van der Waals surface area contributed by atoms with Gasteiger partial charge in [0.1, 0.15) is 6.04 Å². The summed E-state index contributed by atoms with van der Waals surface area (Å²) in [4.78, 5) is 29.3. The summed E-state index contributed by atoms with van der Waals surface area (Å²) >= 11 is 0. The Bertz CT molecular complexity index is 1500. The van der Waals surface area contributed by atoms with E-state index in [1.165, 1.54) is 6.07 Å². The number of nitrogens with one attached hydrogen (secondary N) is 1. The Morgan fingerprint density at radius 3 is 1.98 bits per heavy atom. The Kier molecular flexibility index (Phi) is 8.07. The summed E-state index contributed by atoms with van der Waals surface area (Å²) in [7, 11) is 0. The number of alkyl halides is 3. The number of nitrogens with zero attached hydrogens (tertiary/aromatic N) is 2. The first-order valence-electron chi connectivity index (χ1n) is 13.2. The van der Waals surface area contributed by atoms with Crippen LogP contribution in [0.2, 0.25) is 0 Å². The molecule has 1 heterocycles. The van der Waals surface area contributed by atoms with Crippen molar-refractivity contribution in [2.24, 2.45) is 0 Å². The number of halogens is 3. The van der Waals surface area contributed by atoms with Crippen LogP contribution in [0.3, 0.4) is 0 Å². The van der Waals surface area contributed by atoms with E-state index in [-0.39, 0.29) is 5.56 Å². The highest BCUT2D eigenvalue weighted by Gasteiger charge is 2.32. The lowest BCUT2D eigenvalue weighted by atomic mass is 9.96. The number of rotatable bonds is 7. The van der Waals surface area contributed by atoms with E-state index >= 15 is 0 Å². The first-order valence-corrected chi connectivity index (χ1v) is 13.2. The summed E-state index contributed by atoms with van der Waals surface area (Å²) in [6.45, 7) is 2.35. The van der Waals surface area contributed by atoms with Crippen LogP contribution in [0.25, 0.3) is 11.1 Å². The zero-order valence-corrected chi connectivity index (χ0v) is 22.0. The molecule has 0 radical (unpaired) electrons. The molecule has 210 valence electrons. The standard InChI is InChI=1S/C32H28F3N3O3/c33-32(34,35)24-11-16-27(22-7-3-1-4-8-22)28(21-24)30(39)36-25-12-14-26(15-13-25)37-17-19-38(20-18-37)29(31(40)41)23-9-5-2-6-10-23/h1-16,21,29H,17-20H2,(H,36,39)(H,40,41). The quantitative estimate of drug-likeness (QED) is 0.268. The molecular weight excluding hydrogens is 531 g/mol. The highest BCUT2D eigenvalue weighted by atomic mass is 19.4. The molecule has 41 heavy (non-hydrogen) atoms. The lowest BCUT2D eigenvalue weighted by molar-refractivity contribution is -0.143. The average molecular weight is 560 g/mol. The maximum Gasteiger partial charge on any atom is 0.416 e. The van der Waals surface area contributed by atoms with Gasteiger partial charge in [0.15, 0.2) is 0 Å². The Morgan fingerprint density at radius 2 is 1.39 bits per heavy atom. The van der Waals surface area contributed by atoms with Crippen LogP contribution in [0.1, 0.15) is 27.5 Å². The van der Waals surface area contributed by atoms with Crippen LogP contribution in [0, 0.1) is 0 Å². The highest BCUT2D eigenvalue weighted by Crippen LogP contribution is 2.34. The molecular formula is C32H28F3N3O3. The van der Waals surface area contributed by atoms with E-state index in [0.29, 0.717) is 43.0 Å². The number of anilines is 2. The molecule has 1 saturated heterocycles. The Balaban J connectivity index is 1.28. The van der Waals surface area contributed by atoms with Gasteiger partial charge in [0.25, 0.3) is 5.91 Å². The molecule has 1 amide bonds. The molecule has 4 aromatic rings. The molecule has 6 nitrogen and oxygen atoms in total. The van der Waals surface area contributed by atoms with E-state index in [9.17, 15) is 27.9 Å². The zero-order chi connectivity index (χ0) is 29.0. The van der Waals surface area contributed by atoms with E-state index in [4.69, 9.17) is 0 Å². The maximum absolute atomic E-state index is 13.4. The smallest absolute Gasteiger partial charge is 0.416 e. The fraction of sp³-hybridized carbons (Fsp3) is 0.188. The van der Waals surface area contributed by atoms with Gasteiger partial charge in [-0.25, -0.2) is 0 Å². The first kappa shape index (κ1) is 27.9. The molecule has 1 atom stereocenters. The van der Waals surface area contributed by atoms with Crippen LogP contribution in [-0.4, -0.2) is 48.1 Å². The molecule has 0 spiro atoms. The molecule has 2 N–H and O–H groups in total. The predicted molar refractivity (Wildman–Crippen MR) is 152 cm³/mol. The van der Waals surface area contributed by atoms with Crippen molar-refractivity contribution in [1.29, 1.82) is 0 Å². The highest BCUT2D eigenvalue weighted by molar-refractivity contribution is 6.09. The second kappa shape index (κ2) is 11.9. The summed E-state index contributed by atoms with van der Waals surface area (Å²) in [5, 5.41) is 12.6. The summed E-state index contributed by atoms with van der Waals surface area (Å²) in [6, 6.07) is 27.5. The number of carboxylic acids is 1. The number of piperazine rings is 1. The number of hydrogen-bond donors (Lipinski definition) is 2. The van der Waals surface area contributed by atoms with Gasteiger partial charge in [-0.15, -0.1) is 0 Å². The lowest BCUT2D eigenvalue weighted by Crippen LogP contribution is -2.49. The Hall–Kier alpha value is -4.63. The molecule has 1 aliphatic heterocycles. The maximum atomic E-state index is 13.4. The van der Waals surface area contributed by atoms with Crippen molar-refractivity contribution < 1.29 is 27.9 Å². The van der Waals surface area contributed by atoms with Gasteiger partial charge in [0.05, 0.1) is 5.56 Å². The van der Waals surface area contributed by atoms with Crippen LogP contribution in [0.5, 0.6) is 0 Å². The molecule has 0 aromatic heterocycles. The van der Waals surface area contributed by atoms with Crippen LogP contribution < -0.4 is 10.2 Å². The van der Waals surface area contributed by atoms with Crippen molar-refractivity contribution >= 4 is 23.3 Å². The monoisotopic (exact) mass is 559 g/mol. The second-order valence-electron chi connectivity index (χ2n) is 9.80. The van der Waals surface area contributed by atoms with Crippen molar-refractivity contribution in [1.82, 2.24) is 4.90 Å². The third kappa shape index (κ3) is 6.41. The molecule has 0 aliphatic carbocycles. The average Bonchev–Trinajstić information content (AvgIpc) is 2.98. The van der Waals surface area contributed by atoms with Gasteiger partial charge in [-0.3, -0.25) is 14.5 Å². The van der Waals surface area contributed by atoms with Crippen LogP contribution >= 0.6 is 0 Å². The number of benzene rings is 4. The number of amides is 1.